The minimum Gasteiger partial charge on any atom is -0.481 e. The normalized spacial score (nSPS) is 13.0. The van der Waals surface area contributed by atoms with E-state index in [1.165, 1.54) is 51.9 Å². The Morgan fingerprint density at radius 3 is 1.46 bits per heavy atom. The summed E-state index contributed by atoms with van der Waals surface area (Å²) in [6.45, 7) is 1.65. The van der Waals surface area contributed by atoms with Crippen LogP contribution in [-0.4, -0.2) is 290 Å². The Kier molecular flexibility index (Phi) is 55.0. The fourth-order valence-electron chi connectivity index (χ4n) is 14.1. The van der Waals surface area contributed by atoms with Gasteiger partial charge in [-0.25, -0.2) is 4.79 Å². The van der Waals surface area contributed by atoms with Gasteiger partial charge in [0.05, 0.1) is 59.0 Å². The number of hydrogen-bond donors (Lipinski definition) is 17. The number of carboxylic acid groups (broad SMARTS) is 4. The van der Waals surface area contributed by atoms with Crippen LogP contribution in [0.15, 0.2) is 84.9 Å². The number of unbranched alkanes of at least 4 members (excludes halogenated alkanes) is 15. The zero-order valence-electron chi connectivity index (χ0n) is 76.6. The number of rotatable bonds is 74. The van der Waals surface area contributed by atoms with E-state index < -0.39 is 186 Å². The second-order valence-corrected chi connectivity index (χ2v) is 33.3. The predicted octanol–water partition coefficient (Wildman–Crippen LogP) is 2.48. The van der Waals surface area contributed by atoms with Gasteiger partial charge in [-0.1, -0.05) is 157 Å². The van der Waals surface area contributed by atoms with Gasteiger partial charge >= 0.3 is 34.3 Å². The van der Waals surface area contributed by atoms with E-state index in [0.29, 0.717) is 41.4 Å². The maximum atomic E-state index is 14.8. The number of likely N-dealkylation sites (N-methyl/N-ethyl adjacent to an activating group) is 2. The van der Waals surface area contributed by atoms with E-state index in [4.69, 9.17) is 29.8 Å². The van der Waals surface area contributed by atoms with Gasteiger partial charge in [-0.15, -0.1) is 0 Å². The first kappa shape index (κ1) is 114. The molecule has 8 atom stereocenters. The first-order valence-corrected chi connectivity index (χ1v) is 46.5. The van der Waals surface area contributed by atoms with Crippen LogP contribution in [0.4, 0.5) is 0 Å². The Morgan fingerprint density at radius 1 is 0.418 bits per heavy atom. The summed E-state index contributed by atoms with van der Waals surface area (Å²) in [7, 11) is -2.59. The maximum absolute atomic E-state index is 14.8. The van der Waals surface area contributed by atoms with Crippen molar-refractivity contribution in [3.8, 4) is 5.75 Å². The van der Waals surface area contributed by atoms with E-state index in [-0.39, 0.29) is 147 Å². The van der Waals surface area contributed by atoms with Crippen molar-refractivity contribution in [2.75, 3.05) is 93.1 Å². The van der Waals surface area contributed by atoms with Gasteiger partial charge < -0.3 is 117 Å². The molecule has 13 amide bonds. The molecule has 0 bridgehead atoms. The second-order valence-electron chi connectivity index (χ2n) is 32.3. The number of ether oxygens (including phenoxy) is 4. The molecular formula is C90H134N14O29S. The topological polar surface area (TPSA) is 640 Å². The van der Waals surface area contributed by atoms with Crippen LogP contribution >= 0.6 is 0 Å². The first-order valence-electron chi connectivity index (χ1n) is 45.2. The number of carboxylic acids is 4. The molecule has 744 valence electrons. The number of nitrogens with two attached hydrogens (primary N) is 1. The highest BCUT2D eigenvalue weighted by Crippen LogP contribution is 2.22. The zero-order chi connectivity index (χ0) is 98.8. The Labute approximate surface area is 779 Å². The van der Waals surface area contributed by atoms with Crippen molar-refractivity contribution in [3.63, 3.8) is 0 Å². The maximum Gasteiger partial charge on any atom is 0.446 e. The largest absolute Gasteiger partial charge is 0.481 e. The number of carbonyl (C=O) groups excluding carboxylic acids is 13. The number of aromatic nitrogens is 1. The number of amides is 13. The van der Waals surface area contributed by atoms with E-state index in [2.05, 4.69) is 62.3 Å². The molecule has 0 aliphatic rings. The summed E-state index contributed by atoms with van der Waals surface area (Å²) in [4.78, 5) is 228. The van der Waals surface area contributed by atoms with Crippen LogP contribution in [0.1, 0.15) is 198 Å². The van der Waals surface area contributed by atoms with Crippen LogP contribution in [-0.2, 0) is 130 Å². The molecule has 3 aromatic carbocycles. The summed E-state index contributed by atoms with van der Waals surface area (Å²) in [6, 6.07) is 9.59. The molecular weight excluding hydrogens is 1770 g/mol. The molecule has 0 unspecified atom stereocenters. The van der Waals surface area contributed by atoms with Crippen LogP contribution in [0.5, 0.6) is 5.75 Å². The summed E-state index contributed by atoms with van der Waals surface area (Å²) in [5.74, 6) is -16.1. The first-order chi connectivity index (χ1) is 63.9. The number of carbonyl (C=O) groups is 17. The molecule has 0 saturated heterocycles. The second kappa shape index (κ2) is 64.6. The van der Waals surface area contributed by atoms with Crippen molar-refractivity contribution in [2.24, 2.45) is 5.73 Å². The van der Waals surface area contributed by atoms with E-state index >= 15 is 0 Å². The monoisotopic (exact) mass is 1910 g/mol. The molecule has 1 aromatic heterocycles. The summed E-state index contributed by atoms with van der Waals surface area (Å²) >= 11 is 0. The quantitative estimate of drug-likeness (QED) is 0.0223. The molecule has 4 aromatic rings. The lowest BCUT2D eigenvalue weighted by Crippen LogP contribution is -2.59. The zero-order valence-corrected chi connectivity index (χ0v) is 77.4. The number of nitrogens with one attached hydrogen (secondary N) is 11. The molecule has 134 heavy (non-hydrogen) atoms. The number of primary amides is 1. The molecule has 1 heterocycles. The standard InChI is InChI=1S/C90H134N14O29S/c1-5-6-31-68(88(122)104(4)74(56-82(115)116)89(123)103(3)73(83(91)117)52-61-28-20-19-21-29-61)101-86(120)71(54-64-53-63-30-24-25-32-66(63)97-64)99-77(108)57-95-84(118)67(100-85(119)70(102-87(121)72(55-81(113)114)96-60(2)105)51-62-36-38-65(39-37-62)133-134(126,127)128)33-26-27-42-92-78(109)58-131-49-48-130-46-44-94-79(110)59-132-50-47-129-45-43-93-75(106)41-40-69(90(124)125)98-76(107)34-22-17-15-13-11-9-7-8-10-12-14-16-18-23-35-80(111)112/h19-21,24-25,28-30,32,36-39,53,67-74,97H,5-18,22-23,26-27,31,33-35,40-52,54-59H2,1-4H3,(H2,91,117)(H,92,109)(H,93,106)(H,94,110)(H,95,118)(H,96,105)(H,98,107)(H,99,108)(H,100,119)(H,101,120)(H,102,121)(H,111,112)(H,113,114)(H,115,116)(H,124,125)(H,126,127,128)/t67-,68-,69-,70-,71-,72-,73-,74+/m0/s1. The molecule has 0 saturated carbocycles. The molecule has 0 radical (unpaired) electrons. The number of aromatic amines is 1. The minimum atomic E-state index is -5.00. The third kappa shape index (κ3) is 49.5. The van der Waals surface area contributed by atoms with E-state index in [1.54, 1.807) is 67.6 Å². The van der Waals surface area contributed by atoms with Crippen molar-refractivity contribution in [2.45, 2.75) is 248 Å². The van der Waals surface area contributed by atoms with Gasteiger partial charge in [0.15, 0.2) is 0 Å². The third-order valence-corrected chi connectivity index (χ3v) is 21.7. The van der Waals surface area contributed by atoms with Crippen molar-refractivity contribution in [1.29, 1.82) is 0 Å². The summed E-state index contributed by atoms with van der Waals surface area (Å²) in [5, 5.41) is 64.1. The smallest absolute Gasteiger partial charge is 0.446 e. The van der Waals surface area contributed by atoms with Crippen LogP contribution in [0.2, 0.25) is 0 Å². The third-order valence-electron chi connectivity index (χ3n) is 21.3. The van der Waals surface area contributed by atoms with E-state index in [0.717, 1.165) is 86.6 Å². The van der Waals surface area contributed by atoms with Crippen molar-refractivity contribution in [1.82, 2.24) is 68.0 Å². The number of fused-ring (bicyclic) bond motifs is 1. The highest BCUT2D eigenvalue weighted by molar-refractivity contribution is 7.81. The van der Waals surface area contributed by atoms with Crippen LogP contribution in [0, 0.1) is 0 Å². The summed E-state index contributed by atoms with van der Waals surface area (Å²) in [6.07, 6.45) is 12.6. The molecule has 0 fully saturated rings. The fourth-order valence-corrected chi connectivity index (χ4v) is 14.5. The van der Waals surface area contributed by atoms with E-state index in [9.17, 15) is 110 Å². The Bertz CT molecular complexity index is 4480. The molecule has 0 aliphatic carbocycles. The van der Waals surface area contributed by atoms with Gasteiger partial charge in [0.2, 0.25) is 76.8 Å². The molecule has 18 N–H and O–H groups in total. The fraction of sp³-hybridized carbons (Fsp3) is 0.589. The van der Waals surface area contributed by atoms with Crippen LogP contribution < -0.4 is 63.1 Å². The summed E-state index contributed by atoms with van der Waals surface area (Å²) < 4.78 is 58.4. The van der Waals surface area contributed by atoms with Gasteiger partial charge in [-0.2, -0.15) is 8.42 Å². The highest BCUT2D eigenvalue weighted by atomic mass is 32.3. The van der Waals surface area contributed by atoms with Crippen LogP contribution in [0.3, 0.4) is 0 Å². The molecule has 44 heteroatoms. The Balaban J connectivity index is 1.31. The van der Waals surface area contributed by atoms with Gasteiger partial charge in [0, 0.05) is 90.4 Å². The average molecular weight is 1910 g/mol. The molecule has 0 spiro atoms. The van der Waals surface area contributed by atoms with Gasteiger partial charge in [-0.05, 0) is 85.7 Å². The number of para-hydroxylation sites is 1. The lowest BCUT2D eigenvalue weighted by Gasteiger charge is -2.35. The van der Waals surface area contributed by atoms with Crippen molar-refractivity contribution in [3.05, 3.63) is 102 Å². The van der Waals surface area contributed by atoms with Gasteiger partial charge in [0.25, 0.3) is 0 Å². The number of benzene rings is 3. The number of aliphatic carboxylic acids is 4. The molecule has 43 nitrogen and oxygen atoms in total. The van der Waals surface area contributed by atoms with Crippen molar-refractivity contribution >= 4 is 122 Å². The van der Waals surface area contributed by atoms with Crippen LogP contribution in [0.25, 0.3) is 10.9 Å². The Hall–Kier alpha value is -12.3. The molecule has 4 rings (SSSR count). The predicted molar refractivity (Wildman–Crippen MR) is 486 cm³/mol. The van der Waals surface area contributed by atoms with Gasteiger partial charge in [0.1, 0.15) is 67.3 Å². The minimum absolute atomic E-state index is 0.0200. The Morgan fingerprint density at radius 2 is 0.910 bits per heavy atom. The summed E-state index contributed by atoms with van der Waals surface area (Å²) in [5.41, 5.74) is 7.63. The van der Waals surface area contributed by atoms with Gasteiger partial charge in [-0.3, -0.25) is 81.3 Å². The average Bonchev–Trinajstić information content (AvgIpc) is 1.31. The molecule has 0 aliphatic heterocycles. The number of nitrogens with zero attached hydrogens (tertiary/aromatic N) is 2. The van der Waals surface area contributed by atoms with E-state index in [1.807, 2.05) is 0 Å². The number of hydrogen-bond acceptors (Lipinski definition) is 24. The SMILES string of the molecule is CCCC[C@H](NC(=O)[C@H](Cc1cc2ccccc2[nH]1)NC(=O)CNC(=O)[C@H](CCCCNC(=O)COCCOCCNC(=O)COCCOCCNC(=O)CC[C@H](NC(=O)CCCCCCCCCCCCCCCCC(=O)O)C(=O)O)NC(=O)[C@H](Cc1ccc(OS(=O)(=O)O)cc1)NC(=O)[C@H](CC(=O)O)NC(C)=O)C(=O)N(C)[C@H](CC(=O)O)C(=O)N(C)[C@@H](Cc1ccccc1)C(N)=O. The lowest BCUT2D eigenvalue weighted by atomic mass is 10.0. The number of H-pyrrole nitrogens is 1. The van der Waals surface area contributed by atoms with Crippen molar-refractivity contribution < 1.29 is 138 Å². The lowest BCUT2D eigenvalue weighted by molar-refractivity contribution is -0.152. The highest BCUT2D eigenvalue weighted by Gasteiger charge is 2.40.